The maximum atomic E-state index is 12.5. The third kappa shape index (κ3) is 3.28. The number of aliphatic carboxylic acids is 1. The summed E-state index contributed by atoms with van der Waals surface area (Å²) in [4.78, 5) is 37.4. The molecule has 0 spiro atoms. The number of carbonyl (C=O) groups is 3. The van der Waals surface area contributed by atoms with Crippen LogP contribution in [0.3, 0.4) is 0 Å². The van der Waals surface area contributed by atoms with Gasteiger partial charge in [0.15, 0.2) is 6.04 Å². The molecule has 0 aliphatic carbocycles. The number of hydrogen-bond donors (Lipinski definition) is 3. The van der Waals surface area contributed by atoms with Crippen molar-refractivity contribution in [2.45, 2.75) is 12.1 Å². The highest BCUT2D eigenvalue weighted by Gasteiger charge is 2.54. The van der Waals surface area contributed by atoms with E-state index in [0.29, 0.717) is 10.8 Å². The van der Waals surface area contributed by atoms with Crippen LogP contribution in [-0.4, -0.2) is 62.4 Å². The Balaban J connectivity index is 1.72. The van der Waals surface area contributed by atoms with Crippen molar-refractivity contribution in [3.63, 3.8) is 0 Å². The van der Waals surface area contributed by atoms with Gasteiger partial charge in [0.05, 0.1) is 6.54 Å². The van der Waals surface area contributed by atoms with Crippen molar-refractivity contribution < 1.29 is 36.7 Å². The van der Waals surface area contributed by atoms with E-state index in [1.165, 1.54) is 6.20 Å². The summed E-state index contributed by atoms with van der Waals surface area (Å²) in [6.07, 6.45) is 1.19. The van der Waals surface area contributed by atoms with Gasteiger partial charge in [-0.2, -0.15) is 23.3 Å². The first kappa shape index (κ1) is 18.9. The predicted octanol–water partition coefficient (Wildman–Crippen LogP) is 0.616. The number of carboxylic acids is 1. The largest absolute Gasteiger partial charge is 0.479 e. The van der Waals surface area contributed by atoms with Crippen LogP contribution in [-0.2, 0) is 19.5 Å². The topological polar surface area (TPSA) is 171 Å². The summed E-state index contributed by atoms with van der Waals surface area (Å²) in [6, 6.07) is 4.01. The number of nitrogens with zero attached hydrogens (tertiary/aromatic N) is 4. The van der Waals surface area contributed by atoms with Crippen LogP contribution in [0.15, 0.2) is 36.5 Å². The average molecular weight is 423 g/mol. The molecular formula is C15H13N5O8S. The number of hydrogen-bond acceptors (Lipinski definition) is 7. The number of carboxylic acid groups (broad SMARTS) is 1. The van der Waals surface area contributed by atoms with E-state index in [0.717, 1.165) is 9.58 Å². The number of rotatable bonds is 4. The fourth-order valence-electron chi connectivity index (χ4n) is 3.30. The molecule has 2 bridgehead atoms. The Morgan fingerprint density at radius 1 is 1.24 bits per heavy atom. The third-order valence-corrected chi connectivity index (χ3v) is 4.78. The van der Waals surface area contributed by atoms with Crippen LogP contribution in [0.5, 0.6) is 0 Å². The van der Waals surface area contributed by atoms with E-state index in [1.54, 1.807) is 30.3 Å². The smallest absolute Gasteiger partial charge is 0.418 e. The standard InChI is InChI=1S/C15H13N5O8S/c21-13(22)12-11-9(10-7-18(12)15(24)20(10)28-29(25,26)27)6-19(17-11)14(23)16-8-4-2-1-3-5-8/h1-6,10,12H,7H2,(H,16,23)(H,21,22)(H,25,26,27). The maximum Gasteiger partial charge on any atom is 0.418 e. The summed E-state index contributed by atoms with van der Waals surface area (Å²) in [6.45, 7) is -0.232. The fourth-order valence-corrected chi connectivity index (χ4v) is 3.67. The number of nitrogens with one attached hydrogen (secondary N) is 1. The second-order valence-corrected chi connectivity index (χ2v) is 7.23. The molecule has 3 N–H and O–H groups in total. The fraction of sp³-hybridized carbons (Fsp3) is 0.200. The summed E-state index contributed by atoms with van der Waals surface area (Å²) >= 11 is 0. The highest BCUT2D eigenvalue weighted by Crippen LogP contribution is 2.43. The molecule has 14 heteroatoms. The van der Waals surface area contributed by atoms with E-state index in [9.17, 15) is 27.9 Å². The lowest BCUT2D eigenvalue weighted by atomic mass is 9.98. The lowest BCUT2D eigenvalue weighted by molar-refractivity contribution is -0.142. The van der Waals surface area contributed by atoms with Gasteiger partial charge in [0.25, 0.3) is 0 Å². The van der Waals surface area contributed by atoms with Gasteiger partial charge < -0.3 is 15.3 Å². The van der Waals surface area contributed by atoms with Crippen molar-refractivity contribution in [2.24, 2.45) is 0 Å². The highest BCUT2D eigenvalue weighted by atomic mass is 32.3. The van der Waals surface area contributed by atoms with Crippen molar-refractivity contribution in [3.05, 3.63) is 47.8 Å². The van der Waals surface area contributed by atoms with Gasteiger partial charge in [0.1, 0.15) is 11.7 Å². The molecule has 2 aliphatic heterocycles. The van der Waals surface area contributed by atoms with Gasteiger partial charge in [0.2, 0.25) is 0 Å². The minimum Gasteiger partial charge on any atom is -0.479 e. The van der Waals surface area contributed by atoms with Crippen LogP contribution < -0.4 is 5.32 Å². The van der Waals surface area contributed by atoms with Crippen molar-refractivity contribution in [2.75, 3.05) is 11.9 Å². The summed E-state index contributed by atoms with van der Waals surface area (Å²) in [5, 5.41) is 16.5. The van der Waals surface area contributed by atoms with Crippen LogP contribution in [0.25, 0.3) is 0 Å². The molecular weight excluding hydrogens is 410 g/mol. The lowest BCUT2D eigenvalue weighted by Crippen LogP contribution is -2.39. The molecule has 1 saturated heterocycles. The number of urea groups is 1. The van der Waals surface area contributed by atoms with E-state index >= 15 is 0 Å². The molecule has 1 aromatic heterocycles. The molecule has 2 atom stereocenters. The minimum atomic E-state index is -5.05. The molecule has 152 valence electrons. The third-order valence-electron chi connectivity index (χ3n) is 4.43. The first-order valence-electron chi connectivity index (χ1n) is 8.11. The van der Waals surface area contributed by atoms with E-state index in [1.807, 2.05) is 0 Å². The number of fused-ring (bicyclic) bond motifs is 4. The van der Waals surface area contributed by atoms with E-state index in [2.05, 4.69) is 14.7 Å². The minimum absolute atomic E-state index is 0.103. The molecule has 29 heavy (non-hydrogen) atoms. The monoisotopic (exact) mass is 423 g/mol. The zero-order valence-electron chi connectivity index (χ0n) is 14.4. The zero-order chi connectivity index (χ0) is 20.9. The molecule has 13 nitrogen and oxygen atoms in total. The van der Waals surface area contributed by atoms with Crippen molar-refractivity contribution in [1.29, 1.82) is 0 Å². The molecule has 0 radical (unpaired) electrons. The molecule has 3 amide bonds. The number of amides is 3. The molecule has 1 aromatic carbocycles. The van der Waals surface area contributed by atoms with Crippen LogP contribution in [0.2, 0.25) is 0 Å². The maximum absolute atomic E-state index is 12.5. The average Bonchev–Trinajstić information content (AvgIpc) is 3.19. The molecule has 4 rings (SSSR count). The van der Waals surface area contributed by atoms with Crippen LogP contribution in [0.4, 0.5) is 15.3 Å². The number of benzene rings is 1. The zero-order valence-corrected chi connectivity index (χ0v) is 15.2. The van der Waals surface area contributed by atoms with Gasteiger partial charge in [0, 0.05) is 17.4 Å². The first-order chi connectivity index (χ1) is 13.7. The van der Waals surface area contributed by atoms with E-state index in [-0.39, 0.29) is 17.8 Å². The van der Waals surface area contributed by atoms with Gasteiger partial charge in [-0.1, -0.05) is 18.2 Å². The summed E-state index contributed by atoms with van der Waals surface area (Å²) in [5.41, 5.74) is 0.454. The van der Waals surface area contributed by atoms with Gasteiger partial charge in [-0.25, -0.2) is 14.4 Å². The number of carbonyl (C=O) groups excluding carboxylic acids is 2. The second kappa shape index (κ2) is 6.54. The second-order valence-electron chi connectivity index (χ2n) is 6.23. The van der Waals surface area contributed by atoms with E-state index in [4.69, 9.17) is 4.55 Å². The number of anilines is 1. The quantitative estimate of drug-likeness (QED) is 0.596. The summed E-state index contributed by atoms with van der Waals surface area (Å²) in [7, 11) is -5.05. The Bertz CT molecular complexity index is 1110. The molecule has 3 heterocycles. The first-order valence-corrected chi connectivity index (χ1v) is 9.48. The SMILES string of the molecule is O=C(O)C1c2nn(C(=O)Nc3ccccc3)cc2C2CN1C(=O)N2OS(=O)(=O)O. The Morgan fingerprint density at radius 3 is 2.55 bits per heavy atom. The van der Waals surface area contributed by atoms with Crippen LogP contribution in [0.1, 0.15) is 23.3 Å². The van der Waals surface area contributed by atoms with E-state index < -0.39 is 40.5 Å². The summed E-state index contributed by atoms with van der Waals surface area (Å²) in [5.74, 6) is -1.43. The number of hydroxylamine groups is 2. The number of para-hydroxylation sites is 1. The van der Waals surface area contributed by atoms with Crippen molar-refractivity contribution in [3.8, 4) is 0 Å². The normalized spacial score (nSPS) is 20.5. The Hall–Kier alpha value is -3.49. The van der Waals surface area contributed by atoms with Gasteiger partial charge >= 0.3 is 28.4 Å². The number of aromatic nitrogens is 2. The van der Waals surface area contributed by atoms with Gasteiger partial charge in [-0.15, -0.1) is 4.28 Å². The van der Waals surface area contributed by atoms with Crippen molar-refractivity contribution in [1.82, 2.24) is 19.7 Å². The van der Waals surface area contributed by atoms with Gasteiger partial charge in [-0.05, 0) is 12.1 Å². The van der Waals surface area contributed by atoms with Crippen LogP contribution >= 0.6 is 0 Å². The highest BCUT2D eigenvalue weighted by molar-refractivity contribution is 7.80. The van der Waals surface area contributed by atoms with Crippen LogP contribution in [0, 0.1) is 0 Å². The van der Waals surface area contributed by atoms with Gasteiger partial charge in [-0.3, -0.25) is 4.55 Å². The Morgan fingerprint density at radius 2 is 1.93 bits per heavy atom. The predicted molar refractivity (Wildman–Crippen MR) is 92.8 cm³/mol. The van der Waals surface area contributed by atoms with Crippen molar-refractivity contribution >= 4 is 34.1 Å². The lowest BCUT2D eigenvalue weighted by Gasteiger charge is -2.25. The molecule has 0 saturated carbocycles. The Kier molecular flexibility index (Phi) is 4.25. The molecule has 2 aliphatic rings. The summed E-state index contributed by atoms with van der Waals surface area (Å²) < 4.78 is 36.3. The molecule has 2 aromatic rings. The Labute approximate surface area is 163 Å². The molecule has 1 fully saturated rings. The molecule has 2 unspecified atom stereocenters.